The minimum absolute atomic E-state index is 0.102. The fourth-order valence-electron chi connectivity index (χ4n) is 5.44. The van der Waals surface area contributed by atoms with E-state index in [0.29, 0.717) is 30.6 Å². The van der Waals surface area contributed by atoms with Crippen LogP contribution in [0.25, 0.3) is 0 Å². The van der Waals surface area contributed by atoms with Crippen LogP contribution in [-0.2, 0) is 4.79 Å². The first kappa shape index (κ1) is 23.1. The van der Waals surface area contributed by atoms with Crippen molar-refractivity contribution in [3.63, 3.8) is 0 Å². The lowest BCUT2D eigenvalue weighted by atomic mass is 9.89. The summed E-state index contributed by atoms with van der Waals surface area (Å²) in [4.78, 5) is 14.2. The van der Waals surface area contributed by atoms with E-state index in [1.165, 1.54) is 5.57 Å². The average Bonchev–Trinajstić information content (AvgIpc) is 3.44. The summed E-state index contributed by atoms with van der Waals surface area (Å²) in [7, 11) is 0. The molecule has 166 valence electrons. The monoisotopic (exact) mass is 413 g/mol. The van der Waals surface area contributed by atoms with Crippen LogP contribution in [0, 0.1) is 35.5 Å². The number of fused-ring (bicyclic) bond motifs is 1. The van der Waals surface area contributed by atoms with Gasteiger partial charge in [0.2, 0.25) is 5.91 Å². The van der Waals surface area contributed by atoms with Gasteiger partial charge in [-0.2, -0.15) is 0 Å². The van der Waals surface area contributed by atoms with Gasteiger partial charge in [0.05, 0.1) is 12.2 Å². The van der Waals surface area contributed by atoms with E-state index < -0.39 is 6.10 Å². The summed E-state index contributed by atoms with van der Waals surface area (Å²) in [5.74, 6) is 7.50. The minimum Gasteiger partial charge on any atom is -0.392 e. The highest BCUT2D eigenvalue weighted by Crippen LogP contribution is 2.50. The Bertz CT molecular complexity index is 695. The molecule has 0 unspecified atom stereocenters. The van der Waals surface area contributed by atoms with Crippen LogP contribution < -0.4 is 0 Å². The second-order valence-electron chi connectivity index (χ2n) is 9.54. The molecule has 0 aromatic rings. The Morgan fingerprint density at radius 3 is 2.80 bits per heavy atom. The van der Waals surface area contributed by atoms with Gasteiger partial charge in [0.25, 0.3) is 0 Å². The lowest BCUT2D eigenvalue weighted by Gasteiger charge is -2.19. The summed E-state index contributed by atoms with van der Waals surface area (Å²) in [5, 5.41) is 20.9. The van der Waals surface area contributed by atoms with Gasteiger partial charge in [-0.3, -0.25) is 4.79 Å². The van der Waals surface area contributed by atoms with Crippen LogP contribution in [0.4, 0.5) is 0 Å². The van der Waals surface area contributed by atoms with Crippen LogP contribution in [0.5, 0.6) is 0 Å². The number of unbranched alkanes of at least 4 members (excludes halogenated alkanes) is 1. The van der Waals surface area contributed by atoms with Crippen molar-refractivity contribution in [1.82, 2.24) is 4.90 Å². The molecule has 2 N–H and O–H groups in total. The summed E-state index contributed by atoms with van der Waals surface area (Å²) in [6.45, 7) is 5.72. The van der Waals surface area contributed by atoms with Crippen molar-refractivity contribution >= 4 is 5.91 Å². The van der Waals surface area contributed by atoms with Gasteiger partial charge in [0, 0.05) is 31.8 Å². The Morgan fingerprint density at radius 1 is 1.30 bits per heavy atom. The standard InChI is InChI=1S/C26H39NO3/c1-3-4-9-19(2)24(28)13-12-22-23-17-20(16-21(23)18-25(22)29)10-5-6-11-26(30)27-14-7-8-15-27/h10,12-13,19,21-25,28-29H,5-9,11,14-18H2,1-2H3/t19-,21-,22+,23-,24+,25+/m0/s1. The lowest BCUT2D eigenvalue weighted by Crippen LogP contribution is -2.27. The summed E-state index contributed by atoms with van der Waals surface area (Å²) in [5.41, 5.74) is 1.50. The molecule has 1 amide bonds. The molecule has 30 heavy (non-hydrogen) atoms. The molecule has 0 radical (unpaired) electrons. The number of hydrogen-bond acceptors (Lipinski definition) is 3. The van der Waals surface area contributed by atoms with E-state index in [-0.39, 0.29) is 17.9 Å². The molecular formula is C26H39NO3. The Kier molecular flexibility index (Phi) is 8.60. The molecule has 1 aliphatic heterocycles. The maximum atomic E-state index is 12.2. The van der Waals surface area contributed by atoms with Crippen molar-refractivity contribution in [1.29, 1.82) is 0 Å². The lowest BCUT2D eigenvalue weighted by molar-refractivity contribution is -0.130. The number of rotatable bonds is 8. The number of carbonyl (C=O) groups is 1. The Labute approximate surface area is 182 Å². The van der Waals surface area contributed by atoms with Crippen molar-refractivity contribution in [2.24, 2.45) is 23.7 Å². The number of nitrogens with zero attached hydrogens (tertiary/aromatic N) is 1. The van der Waals surface area contributed by atoms with Crippen LogP contribution >= 0.6 is 0 Å². The van der Waals surface area contributed by atoms with Gasteiger partial charge in [-0.1, -0.05) is 30.7 Å². The molecule has 2 saturated carbocycles. The number of carbonyl (C=O) groups excluding carboxylic acids is 1. The van der Waals surface area contributed by atoms with Gasteiger partial charge >= 0.3 is 0 Å². The number of hydrogen-bond donors (Lipinski definition) is 2. The van der Waals surface area contributed by atoms with Crippen molar-refractivity contribution < 1.29 is 15.0 Å². The van der Waals surface area contributed by atoms with Gasteiger partial charge in [-0.05, 0) is 69.6 Å². The zero-order chi connectivity index (χ0) is 21.5. The number of aliphatic hydroxyl groups is 2. The molecule has 0 aromatic carbocycles. The highest BCUT2D eigenvalue weighted by Gasteiger charge is 2.45. The number of allylic oxidation sites excluding steroid dienone is 2. The van der Waals surface area contributed by atoms with Crippen LogP contribution in [0.15, 0.2) is 23.8 Å². The first-order chi connectivity index (χ1) is 14.5. The van der Waals surface area contributed by atoms with Crippen LogP contribution in [0.1, 0.15) is 71.6 Å². The minimum atomic E-state index is -0.512. The van der Waals surface area contributed by atoms with Crippen LogP contribution in [0.3, 0.4) is 0 Å². The van der Waals surface area contributed by atoms with Crippen molar-refractivity contribution in [2.75, 3.05) is 13.1 Å². The molecule has 1 heterocycles. The second kappa shape index (κ2) is 11.2. The van der Waals surface area contributed by atoms with E-state index in [4.69, 9.17) is 0 Å². The zero-order valence-corrected chi connectivity index (χ0v) is 18.7. The van der Waals surface area contributed by atoms with E-state index in [1.807, 2.05) is 24.8 Å². The van der Waals surface area contributed by atoms with Crippen molar-refractivity contribution in [3.05, 3.63) is 23.8 Å². The molecule has 0 bridgehead atoms. The van der Waals surface area contributed by atoms with E-state index >= 15 is 0 Å². The second-order valence-corrected chi connectivity index (χ2v) is 9.54. The normalized spacial score (nSPS) is 31.7. The topological polar surface area (TPSA) is 60.8 Å². The molecule has 3 fully saturated rings. The molecule has 4 heteroatoms. The summed E-state index contributed by atoms with van der Waals surface area (Å²) >= 11 is 0. The maximum Gasteiger partial charge on any atom is 0.222 e. The summed E-state index contributed by atoms with van der Waals surface area (Å²) in [6.07, 6.45) is 14.0. The molecular weight excluding hydrogens is 374 g/mol. The largest absolute Gasteiger partial charge is 0.392 e. The number of amides is 1. The average molecular weight is 414 g/mol. The highest BCUT2D eigenvalue weighted by atomic mass is 16.3. The third-order valence-electron chi connectivity index (χ3n) is 7.31. The van der Waals surface area contributed by atoms with E-state index in [2.05, 4.69) is 24.0 Å². The molecule has 3 aliphatic rings. The van der Waals surface area contributed by atoms with E-state index in [0.717, 1.165) is 58.0 Å². The van der Waals surface area contributed by atoms with E-state index in [9.17, 15) is 15.0 Å². The molecule has 0 spiro atoms. The van der Waals surface area contributed by atoms with Gasteiger partial charge in [0.1, 0.15) is 0 Å². The molecule has 0 aromatic heterocycles. The first-order valence-corrected chi connectivity index (χ1v) is 11.9. The molecule has 3 rings (SSSR count). The molecule has 1 saturated heterocycles. The van der Waals surface area contributed by atoms with Crippen LogP contribution in [0.2, 0.25) is 0 Å². The predicted molar refractivity (Wildman–Crippen MR) is 120 cm³/mol. The van der Waals surface area contributed by atoms with E-state index in [1.54, 1.807) is 0 Å². The third kappa shape index (κ3) is 5.99. The summed E-state index contributed by atoms with van der Waals surface area (Å²) < 4.78 is 0. The fraction of sp³-hybridized carbons (Fsp3) is 0.731. The van der Waals surface area contributed by atoms with Gasteiger partial charge in [-0.25, -0.2) is 0 Å². The Hall–Kier alpha value is -1.57. The zero-order valence-electron chi connectivity index (χ0n) is 18.7. The van der Waals surface area contributed by atoms with Gasteiger partial charge in [-0.15, -0.1) is 11.8 Å². The molecule has 4 nitrogen and oxygen atoms in total. The first-order valence-electron chi connectivity index (χ1n) is 11.9. The maximum absolute atomic E-state index is 12.2. The summed E-state index contributed by atoms with van der Waals surface area (Å²) in [6, 6.07) is 0. The smallest absolute Gasteiger partial charge is 0.222 e. The third-order valence-corrected chi connectivity index (χ3v) is 7.31. The molecule has 6 atom stereocenters. The fourth-order valence-corrected chi connectivity index (χ4v) is 5.44. The van der Waals surface area contributed by atoms with Gasteiger partial charge < -0.3 is 15.1 Å². The van der Waals surface area contributed by atoms with Crippen molar-refractivity contribution in [2.45, 2.75) is 83.8 Å². The Morgan fingerprint density at radius 2 is 2.07 bits per heavy atom. The van der Waals surface area contributed by atoms with Crippen LogP contribution in [-0.4, -0.2) is 46.3 Å². The predicted octanol–water partition coefficient (Wildman–Crippen LogP) is 4.08. The van der Waals surface area contributed by atoms with Crippen molar-refractivity contribution in [3.8, 4) is 11.8 Å². The molecule has 2 aliphatic carbocycles. The quantitative estimate of drug-likeness (QED) is 0.358. The highest BCUT2D eigenvalue weighted by molar-refractivity contribution is 5.76. The number of aliphatic hydroxyl groups excluding tert-OH is 2. The van der Waals surface area contributed by atoms with Gasteiger partial charge in [0.15, 0.2) is 0 Å². The number of likely N-dealkylation sites (tertiary alicyclic amines) is 1. The Balaban J connectivity index is 1.46. The SMILES string of the molecule is CC#CC[C@H](C)[C@H](O)C=C[C@@H]1[C@H]2CC(=CCCCC(=O)N3CCCC3)C[C@H]2C[C@H]1O.